The summed E-state index contributed by atoms with van der Waals surface area (Å²) >= 11 is 12.7. The first-order chi connectivity index (χ1) is 9.54. The summed E-state index contributed by atoms with van der Waals surface area (Å²) in [5.41, 5.74) is 0.983. The van der Waals surface area contributed by atoms with Crippen molar-refractivity contribution in [2.24, 2.45) is 0 Å². The number of hydrogen-bond donors (Lipinski definition) is 0. The molecule has 0 saturated carbocycles. The fourth-order valence-electron chi connectivity index (χ4n) is 1.82. The van der Waals surface area contributed by atoms with Gasteiger partial charge in [-0.15, -0.1) is 0 Å². The molecule has 1 atom stereocenters. The maximum absolute atomic E-state index is 12.5. The maximum atomic E-state index is 12.5. The molecule has 100 valence electrons. The highest BCUT2D eigenvalue weighted by Crippen LogP contribution is 2.30. The van der Waals surface area contributed by atoms with E-state index in [0.717, 1.165) is 8.95 Å². The van der Waals surface area contributed by atoms with E-state index < -0.39 is 5.92 Å². The Morgan fingerprint density at radius 2 is 1.90 bits per heavy atom. The summed E-state index contributed by atoms with van der Waals surface area (Å²) < 4.78 is 1.52. The van der Waals surface area contributed by atoms with Gasteiger partial charge in [-0.2, -0.15) is 5.26 Å². The van der Waals surface area contributed by atoms with Gasteiger partial charge in [0.2, 0.25) is 0 Å². The van der Waals surface area contributed by atoms with E-state index in [1.165, 1.54) is 0 Å². The van der Waals surface area contributed by atoms with Crippen molar-refractivity contribution in [3.63, 3.8) is 0 Å². The smallest absolute Gasteiger partial charge is 0.185 e. The monoisotopic (exact) mass is 411 g/mol. The van der Waals surface area contributed by atoms with Crippen LogP contribution in [0.1, 0.15) is 21.8 Å². The number of Topliss-reactive ketones (excluding diaryl/α,β-unsaturated/α-hetero) is 1. The predicted molar refractivity (Wildman–Crippen MR) is 86.0 cm³/mol. The topological polar surface area (TPSA) is 40.9 Å². The number of ketones is 1. The molecule has 0 aromatic heterocycles. The van der Waals surface area contributed by atoms with Crippen LogP contribution in [0.5, 0.6) is 0 Å². The Kier molecular flexibility index (Phi) is 4.98. The zero-order valence-electron chi connectivity index (χ0n) is 10.1. The molecule has 5 heteroatoms. The molecule has 0 fully saturated rings. The van der Waals surface area contributed by atoms with Crippen molar-refractivity contribution in [3.05, 3.63) is 67.6 Å². The molecule has 0 aliphatic rings. The lowest BCUT2D eigenvalue weighted by Crippen LogP contribution is -2.12. The van der Waals surface area contributed by atoms with Crippen LogP contribution >= 0.6 is 43.5 Å². The molecule has 2 aromatic carbocycles. The second kappa shape index (κ2) is 6.53. The van der Waals surface area contributed by atoms with Crippen molar-refractivity contribution in [1.82, 2.24) is 0 Å². The minimum absolute atomic E-state index is 0.308. The SMILES string of the molecule is N#CC(C(=O)c1ccc(Br)cc1Cl)c1ccccc1Br. The van der Waals surface area contributed by atoms with Crippen LogP contribution < -0.4 is 0 Å². The Morgan fingerprint density at radius 1 is 1.20 bits per heavy atom. The molecule has 0 amide bonds. The van der Waals surface area contributed by atoms with Crippen LogP contribution in [0.25, 0.3) is 0 Å². The first kappa shape index (κ1) is 15.2. The van der Waals surface area contributed by atoms with E-state index in [1.807, 2.05) is 12.1 Å². The summed E-state index contributed by atoms with van der Waals surface area (Å²) in [5, 5.41) is 9.67. The largest absolute Gasteiger partial charge is 0.292 e. The highest BCUT2D eigenvalue weighted by Gasteiger charge is 2.25. The minimum atomic E-state index is -0.885. The number of rotatable bonds is 3. The highest BCUT2D eigenvalue weighted by atomic mass is 79.9. The van der Waals surface area contributed by atoms with E-state index in [2.05, 4.69) is 31.9 Å². The van der Waals surface area contributed by atoms with Crippen LogP contribution in [0.2, 0.25) is 5.02 Å². The van der Waals surface area contributed by atoms with E-state index in [9.17, 15) is 10.1 Å². The molecular formula is C15H8Br2ClNO. The van der Waals surface area contributed by atoms with Gasteiger partial charge in [-0.3, -0.25) is 4.79 Å². The highest BCUT2D eigenvalue weighted by molar-refractivity contribution is 9.10. The number of carbonyl (C=O) groups is 1. The lowest BCUT2D eigenvalue weighted by Gasteiger charge is -2.11. The third-order valence-corrected chi connectivity index (χ3v) is 4.33. The predicted octanol–water partition coefficient (Wildman–Crippen LogP) is 5.36. The standard InChI is InChI=1S/C15H8Br2ClNO/c16-9-5-6-11(14(18)7-9)15(20)12(8-19)10-3-1-2-4-13(10)17/h1-7,12H. The fraction of sp³-hybridized carbons (Fsp3) is 0.0667. The van der Waals surface area contributed by atoms with Crippen molar-refractivity contribution >= 4 is 49.2 Å². The Labute approximate surface area is 138 Å². The normalized spacial score (nSPS) is 11.7. The van der Waals surface area contributed by atoms with Gasteiger partial charge < -0.3 is 0 Å². The van der Waals surface area contributed by atoms with Crippen LogP contribution in [-0.2, 0) is 0 Å². The Bertz CT molecular complexity index is 709. The molecule has 2 aromatic rings. The van der Waals surface area contributed by atoms with Gasteiger partial charge in [0.1, 0.15) is 5.92 Å². The number of nitriles is 1. The van der Waals surface area contributed by atoms with Gasteiger partial charge in [0, 0.05) is 14.5 Å². The Morgan fingerprint density at radius 3 is 2.50 bits per heavy atom. The van der Waals surface area contributed by atoms with Crippen LogP contribution in [0.15, 0.2) is 51.4 Å². The molecule has 0 spiro atoms. The second-order valence-electron chi connectivity index (χ2n) is 4.07. The summed E-state index contributed by atoms with van der Waals surface area (Å²) in [4.78, 5) is 12.5. The van der Waals surface area contributed by atoms with E-state index in [-0.39, 0.29) is 5.78 Å². The average molecular weight is 413 g/mol. The van der Waals surface area contributed by atoms with E-state index in [4.69, 9.17) is 11.6 Å². The third-order valence-electron chi connectivity index (χ3n) is 2.80. The van der Waals surface area contributed by atoms with Gasteiger partial charge in [0.25, 0.3) is 0 Å². The van der Waals surface area contributed by atoms with Crippen molar-refractivity contribution in [1.29, 1.82) is 5.26 Å². The van der Waals surface area contributed by atoms with Gasteiger partial charge in [-0.1, -0.05) is 61.7 Å². The van der Waals surface area contributed by atoms with Gasteiger partial charge in [0.15, 0.2) is 5.78 Å². The van der Waals surface area contributed by atoms with E-state index >= 15 is 0 Å². The van der Waals surface area contributed by atoms with Crippen LogP contribution in [-0.4, -0.2) is 5.78 Å². The first-order valence-corrected chi connectivity index (χ1v) is 7.64. The molecule has 1 unspecified atom stereocenters. The second-order valence-corrected chi connectivity index (χ2v) is 6.25. The summed E-state index contributed by atoms with van der Waals surface area (Å²) in [7, 11) is 0. The van der Waals surface area contributed by atoms with Crippen molar-refractivity contribution < 1.29 is 4.79 Å². The lowest BCUT2D eigenvalue weighted by molar-refractivity contribution is 0.0979. The van der Waals surface area contributed by atoms with Gasteiger partial charge in [-0.25, -0.2) is 0 Å². The molecule has 0 saturated heterocycles. The third kappa shape index (κ3) is 3.12. The molecule has 0 aliphatic heterocycles. The lowest BCUT2D eigenvalue weighted by atomic mass is 9.92. The molecule has 0 aliphatic carbocycles. The van der Waals surface area contributed by atoms with Gasteiger partial charge >= 0.3 is 0 Å². The molecule has 0 N–H and O–H groups in total. The number of hydrogen-bond acceptors (Lipinski definition) is 2. The van der Waals surface area contributed by atoms with E-state index in [0.29, 0.717) is 16.1 Å². The van der Waals surface area contributed by atoms with Gasteiger partial charge in [-0.05, 0) is 29.8 Å². The summed E-state index contributed by atoms with van der Waals surface area (Å²) in [6, 6.07) is 14.2. The molecule has 0 heterocycles. The number of halogens is 3. The average Bonchev–Trinajstić information content (AvgIpc) is 2.41. The Hall–Kier alpha value is -1.15. The van der Waals surface area contributed by atoms with Crippen molar-refractivity contribution in [2.45, 2.75) is 5.92 Å². The minimum Gasteiger partial charge on any atom is -0.292 e. The van der Waals surface area contributed by atoms with Crippen molar-refractivity contribution in [2.75, 3.05) is 0 Å². The number of nitrogens with zero attached hydrogens (tertiary/aromatic N) is 1. The van der Waals surface area contributed by atoms with Gasteiger partial charge in [0.05, 0.1) is 11.1 Å². The molecule has 20 heavy (non-hydrogen) atoms. The molecule has 0 bridgehead atoms. The molecule has 0 radical (unpaired) electrons. The quantitative estimate of drug-likeness (QED) is 0.636. The summed E-state index contributed by atoms with van der Waals surface area (Å²) in [5.74, 6) is -1.19. The van der Waals surface area contributed by atoms with Crippen LogP contribution in [0, 0.1) is 11.3 Å². The van der Waals surface area contributed by atoms with Crippen LogP contribution in [0.4, 0.5) is 0 Å². The fourth-order valence-corrected chi connectivity index (χ4v) is 3.10. The molecular weight excluding hydrogens is 405 g/mol. The summed E-state index contributed by atoms with van der Waals surface area (Å²) in [6.45, 7) is 0. The van der Waals surface area contributed by atoms with Crippen LogP contribution in [0.3, 0.4) is 0 Å². The van der Waals surface area contributed by atoms with Crippen molar-refractivity contribution in [3.8, 4) is 6.07 Å². The molecule has 2 nitrogen and oxygen atoms in total. The Balaban J connectivity index is 2.45. The zero-order chi connectivity index (χ0) is 14.7. The maximum Gasteiger partial charge on any atom is 0.185 e. The molecule has 2 rings (SSSR count). The van der Waals surface area contributed by atoms with E-state index in [1.54, 1.807) is 36.4 Å². The first-order valence-electron chi connectivity index (χ1n) is 5.68. The number of carbonyl (C=O) groups excluding carboxylic acids is 1. The zero-order valence-corrected chi connectivity index (χ0v) is 14.0. The number of benzene rings is 2. The summed E-state index contributed by atoms with van der Waals surface area (Å²) in [6.07, 6.45) is 0.